The van der Waals surface area contributed by atoms with Crippen molar-refractivity contribution in [3.05, 3.63) is 28.2 Å². The zero-order valence-corrected chi connectivity index (χ0v) is 11.1. The van der Waals surface area contributed by atoms with Crippen LogP contribution >= 0.6 is 23.2 Å². The van der Waals surface area contributed by atoms with E-state index in [1.807, 2.05) is 0 Å². The van der Waals surface area contributed by atoms with Crippen LogP contribution in [-0.2, 0) is 9.84 Å². The molecule has 0 radical (unpaired) electrons. The average molecular weight is 296 g/mol. The minimum atomic E-state index is -3.17. The number of hydrogen-bond acceptors (Lipinski definition) is 4. The summed E-state index contributed by atoms with van der Waals surface area (Å²) in [5, 5.41) is 13.4. The molecule has 7 heteroatoms. The first-order chi connectivity index (χ1) is 7.87. The first-order valence-electron chi connectivity index (χ1n) is 4.97. The highest BCUT2D eigenvalue weighted by molar-refractivity contribution is 7.91. The Labute approximate surface area is 109 Å². The molecule has 0 aromatic heterocycles. The maximum atomic E-state index is 11.3. The molecule has 0 aliphatic carbocycles. The lowest BCUT2D eigenvalue weighted by Crippen LogP contribution is -2.31. The van der Waals surface area contributed by atoms with E-state index in [0.717, 1.165) is 0 Å². The van der Waals surface area contributed by atoms with E-state index in [1.54, 1.807) is 18.2 Å². The molecule has 0 spiro atoms. The molecule has 1 fully saturated rings. The van der Waals surface area contributed by atoms with Crippen LogP contribution < -0.4 is 5.32 Å². The summed E-state index contributed by atoms with van der Waals surface area (Å²) in [5.74, 6) is -0.303. The maximum Gasteiger partial charge on any atom is 0.155 e. The molecule has 0 amide bonds. The highest BCUT2D eigenvalue weighted by Crippen LogP contribution is 2.27. The minimum absolute atomic E-state index is 0.0902. The van der Waals surface area contributed by atoms with Crippen LogP contribution in [0.1, 0.15) is 0 Å². The summed E-state index contributed by atoms with van der Waals surface area (Å²) in [6, 6.07) is 4.33. The van der Waals surface area contributed by atoms with Gasteiger partial charge in [-0.05, 0) is 18.2 Å². The monoisotopic (exact) mass is 295 g/mol. The lowest BCUT2D eigenvalue weighted by molar-refractivity contribution is 0.190. The molecule has 4 nitrogen and oxygen atoms in total. The van der Waals surface area contributed by atoms with Crippen molar-refractivity contribution in [2.45, 2.75) is 12.1 Å². The molecule has 1 heterocycles. The van der Waals surface area contributed by atoms with Crippen molar-refractivity contribution >= 4 is 38.7 Å². The van der Waals surface area contributed by atoms with E-state index < -0.39 is 22.0 Å². The van der Waals surface area contributed by atoms with Crippen molar-refractivity contribution in [3.8, 4) is 0 Å². The smallest absolute Gasteiger partial charge is 0.155 e. The van der Waals surface area contributed by atoms with Crippen LogP contribution in [0.4, 0.5) is 5.69 Å². The highest BCUT2D eigenvalue weighted by Gasteiger charge is 2.36. The Hall–Kier alpha value is -0.490. The molecule has 2 atom stereocenters. The molecule has 1 aliphatic rings. The van der Waals surface area contributed by atoms with Crippen LogP contribution in [-0.4, -0.2) is 37.2 Å². The van der Waals surface area contributed by atoms with Crippen molar-refractivity contribution < 1.29 is 13.5 Å². The standard InChI is InChI=1S/C10H11Cl2NO3S/c11-6-1-2-8(7(12)3-6)13-9-4-17(15,16)5-10(9)14/h1-3,9-10,13-14H,4-5H2/t9-,10+/m0/s1. The highest BCUT2D eigenvalue weighted by atomic mass is 35.5. The molecule has 1 aromatic carbocycles. The number of benzene rings is 1. The second-order valence-corrected chi connectivity index (χ2v) is 7.02. The fraction of sp³-hybridized carbons (Fsp3) is 0.400. The molecule has 0 saturated carbocycles. The van der Waals surface area contributed by atoms with Crippen LogP contribution in [0.25, 0.3) is 0 Å². The number of aliphatic hydroxyl groups is 1. The molecular formula is C10H11Cl2NO3S. The Morgan fingerprint density at radius 3 is 2.53 bits per heavy atom. The normalized spacial score (nSPS) is 27.0. The summed E-state index contributed by atoms with van der Waals surface area (Å²) in [6.45, 7) is 0. The second kappa shape index (κ2) is 4.65. The number of halogens is 2. The SMILES string of the molecule is O=S1(=O)C[C@@H](O)[C@@H](Nc2ccc(Cl)cc2Cl)C1. The lowest BCUT2D eigenvalue weighted by Gasteiger charge is -2.17. The van der Waals surface area contributed by atoms with E-state index in [2.05, 4.69) is 5.32 Å². The quantitative estimate of drug-likeness (QED) is 0.869. The van der Waals surface area contributed by atoms with E-state index in [9.17, 15) is 13.5 Å². The van der Waals surface area contributed by atoms with E-state index in [-0.39, 0.29) is 11.5 Å². The van der Waals surface area contributed by atoms with Crippen LogP contribution in [0.15, 0.2) is 18.2 Å². The average Bonchev–Trinajstić information content (AvgIpc) is 2.44. The number of anilines is 1. The zero-order valence-electron chi connectivity index (χ0n) is 8.73. The van der Waals surface area contributed by atoms with Gasteiger partial charge in [0, 0.05) is 5.02 Å². The molecule has 1 aromatic rings. The Morgan fingerprint density at radius 2 is 2.00 bits per heavy atom. The fourth-order valence-corrected chi connectivity index (χ4v) is 3.98. The van der Waals surface area contributed by atoms with Crippen molar-refractivity contribution in [2.24, 2.45) is 0 Å². The largest absolute Gasteiger partial charge is 0.390 e. The first-order valence-corrected chi connectivity index (χ1v) is 7.55. The second-order valence-electron chi connectivity index (χ2n) is 4.02. The van der Waals surface area contributed by atoms with Gasteiger partial charge < -0.3 is 10.4 Å². The van der Waals surface area contributed by atoms with Crippen molar-refractivity contribution in [1.82, 2.24) is 0 Å². The van der Waals surface area contributed by atoms with Gasteiger partial charge in [0.2, 0.25) is 0 Å². The van der Waals surface area contributed by atoms with Gasteiger partial charge in [0.25, 0.3) is 0 Å². The van der Waals surface area contributed by atoms with Gasteiger partial charge in [-0.2, -0.15) is 0 Å². The Morgan fingerprint density at radius 1 is 1.29 bits per heavy atom. The summed E-state index contributed by atoms with van der Waals surface area (Å²) < 4.78 is 22.7. The molecule has 2 N–H and O–H groups in total. The Bertz CT molecular complexity index is 532. The van der Waals surface area contributed by atoms with Gasteiger partial charge in [-0.25, -0.2) is 8.42 Å². The third-order valence-electron chi connectivity index (χ3n) is 2.59. The molecule has 1 aliphatic heterocycles. The molecular weight excluding hydrogens is 285 g/mol. The van der Waals surface area contributed by atoms with Gasteiger partial charge in [-0.3, -0.25) is 0 Å². The Kier molecular flexibility index (Phi) is 3.54. The number of hydrogen-bond donors (Lipinski definition) is 2. The molecule has 0 unspecified atom stereocenters. The van der Waals surface area contributed by atoms with Crippen LogP contribution in [0.5, 0.6) is 0 Å². The van der Waals surface area contributed by atoms with Crippen LogP contribution in [0.3, 0.4) is 0 Å². The summed E-state index contributed by atoms with van der Waals surface area (Å²) >= 11 is 11.7. The molecule has 2 rings (SSSR count). The minimum Gasteiger partial charge on any atom is -0.390 e. The first kappa shape index (κ1) is 13.0. The van der Waals surface area contributed by atoms with Crippen LogP contribution in [0.2, 0.25) is 10.0 Å². The van der Waals surface area contributed by atoms with Gasteiger partial charge in [0.1, 0.15) is 0 Å². The predicted octanol–water partition coefficient (Wildman–Crippen LogP) is 1.56. The van der Waals surface area contributed by atoms with E-state index >= 15 is 0 Å². The topological polar surface area (TPSA) is 66.4 Å². The molecule has 94 valence electrons. The van der Waals surface area contributed by atoms with E-state index in [1.165, 1.54) is 0 Å². The fourth-order valence-electron chi connectivity index (χ4n) is 1.77. The van der Waals surface area contributed by atoms with E-state index in [0.29, 0.717) is 15.7 Å². The summed E-state index contributed by atoms with van der Waals surface area (Å²) in [6.07, 6.45) is -0.910. The number of sulfone groups is 1. The summed E-state index contributed by atoms with van der Waals surface area (Å²) in [5.41, 5.74) is 0.567. The third kappa shape index (κ3) is 3.04. The maximum absolute atomic E-state index is 11.3. The van der Waals surface area contributed by atoms with Crippen LogP contribution in [0, 0.1) is 0 Å². The predicted molar refractivity (Wildman–Crippen MR) is 68.5 cm³/mol. The van der Waals surface area contributed by atoms with E-state index in [4.69, 9.17) is 23.2 Å². The number of rotatable bonds is 2. The van der Waals surface area contributed by atoms with Gasteiger partial charge in [0.05, 0.1) is 34.4 Å². The number of nitrogens with one attached hydrogen (secondary N) is 1. The molecule has 1 saturated heterocycles. The molecule has 17 heavy (non-hydrogen) atoms. The number of aliphatic hydroxyl groups excluding tert-OH is 1. The summed E-state index contributed by atoms with van der Waals surface area (Å²) in [4.78, 5) is 0. The van der Waals surface area contributed by atoms with Crippen molar-refractivity contribution in [1.29, 1.82) is 0 Å². The van der Waals surface area contributed by atoms with Crippen molar-refractivity contribution in [3.63, 3.8) is 0 Å². The zero-order chi connectivity index (χ0) is 12.6. The van der Waals surface area contributed by atoms with Gasteiger partial charge >= 0.3 is 0 Å². The van der Waals surface area contributed by atoms with Gasteiger partial charge in [0.15, 0.2) is 9.84 Å². The lowest BCUT2D eigenvalue weighted by atomic mass is 10.2. The van der Waals surface area contributed by atoms with Gasteiger partial charge in [-0.1, -0.05) is 23.2 Å². The summed E-state index contributed by atoms with van der Waals surface area (Å²) in [7, 11) is -3.17. The van der Waals surface area contributed by atoms with Gasteiger partial charge in [-0.15, -0.1) is 0 Å². The molecule has 0 bridgehead atoms. The Balaban J connectivity index is 2.17. The van der Waals surface area contributed by atoms with Crippen molar-refractivity contribution in [2.75, 3.05) is 16.8 Å². The third-order valence-corrected chi connectivity index (χ3v) is 4.86.